The Morgan fingerprint density at radius 1 is 1.31 bits per heavy atom. The van der Waals surface area contributed by atoms with Crippen molar-refractivity contribution in [2.24, 2.45) is 18.4 Å². The van der Waals surface area contributed by atoms with Crippen LogP contribution in [0.15, 0.2) is 36.9 Å². The summed E-state index contributed by atoms with van der Waals surface area (Å²) in [6.45, 7) is 2.96. The number of halogens is 3. The number of carboxylic acid groups (broad SMARTS) is 1. The first-order chi connectivity index (χ1) is 15.1. The Kier molecular flexibility index (Phi) is 7.17. The standard InChI is InChI=1S/C19H24N4O2.C2HF3O2/c1-22-10-16(9-21-22)18(24)23-11-17-3-2-6-19(17,13-23)14-25-12-15-4-7-20-8-5-15;3-2(4,5)1(6)7/h4-5,7-10,17H,2-3,6,11-14H2,1H3;(H,6,7)/t17-,19+;/m1./s1. The number of likely N-dealkylation sites (tertiary alicyclic amines) is 1. The van der Waals surface area contributed by atoms with Gasteiger partial charge in [0, 0.05) is 44.1 Å². The molecule has 2 fully saturated rings. The molecule has 8 nitrogen and oxygen atoms in total. The average molecular weight is 454 g/mol. The first kappa shape index (κ1) is 23.7. The molecular formula is C21H25F3N4O4. The van der Waals surface area contributed by atoms with E-state index in [9.17, 15) is 18.0 Å². The zero-order valence-corrected chi connectivity index (χ0v) is 17.6. The Hall–Kier alpha value is -2.95. The number of alkyl halides is 3. The minimum Gasteiger partial charge on any atom is -0.475 e. The summed E-state index contributed by atoms with van der Waals surface area (Å²) in [7, 11) is 1.84. The van der Waals surface area contributed by atoms with Gasteiger partial charge in [0.1, 0.15) is 0 Å². The molecular weight excluding hydrogens is 429 g/mol. The third kappa shape index (κ3) is 5.64. The summed E-state index contributed by atoms with van der Waals surface area (Å²) in [4.78, 5) is 27.7. The first-order valence-electron chi connectivity index (χ1n) is 10.2. The van der Waals surface area contributed by atoms with E-state index >= 15 is 0 Å². The third-order valence-electron chi connectivity index (χ3n) is 5.93. The number of fused-ring (bicyclic) bond motifs is 1. The number of nitrogens with zero attached hydrogens (tertiary/aromatic N) is 4. The quantitative estimate of drug-likeness (QED) is 0.746. The summed E-state index contributed by atoms with van der Waals surface area (Å²) >= 11 is 0. The van der Waals surface area contributed by atoms with E-state index in [1.165, 1.54) is 12.8 Å². The Balaban J connectivity index is 0.000000360. The number of carboxylic acids is 1. The van der Waals surface area contributed by atoms with E-state index in [1.54, 1.807) is 29.5 Å². The van der Waals surface area contributed by atoms with Crippen molar-refractivity contribution in [3.8, 4) is 0 Å². The summed E-state index contributed by atoms with van der Waals surface area (Å²) in [5.41, 5.74) is 1.93. The molecule has 1 aliphatic heterocycles. The highest BCUT2D eigenvalue weighted by Crippen LogP contribution is 2.49. The summed E-state index contributed by atoms with van der Waals surface area (Å²) < 4.78 is 39.5. The molecule has 11 heteroatoms. The van der Waals surface area contributed by atoms with Crippen molar-refractivity contribution in [2.45, 2.75) is 32.0 Å². The highest BCUT2D eigenvalue weighted by Gasteiger charge is 2.50. The van der Waals surface area contributed by atoms with Crippen molar-refractivity contribution in [3.63, 3.8) is 0 Å². The largest absolute Gasteiger partial charge is 0.490 e. The number of hydrogen-bond donors (Lipinski definition) is 1. The van der Waals surface area contributed by atoms with Crippen LogP contribution in [0.4, 0.5) is 13.2 Å². The number of carbonyl (C=O) groups excluding carboxylic acids is 1. The van der Waals surface area contributed by atoms with E-state index < -0.39 is 12.1 Å². The Labute approximate surface area is 183 Å². The molecule has 0 aromatic carbocycles. The van der Waals surface area contributed by atoms with E-state index in [1.807, 2.05) is 24.1 Å². The van der Waals surface area contributed by atoms with Gasteiger partial charge in [0.2, 0.25) is 0 Å². The highest BCUT2D eigenvalue weighted by atomic mass is 19.4. The van der Waals surface area contributed by atoms with Gasteiger partial charge in [-0.2, -0.15) is 18.3 Å². The fourth-order valence-electron chi connectivity index (χ4n) is 4.37. The van der Waals surface area contributed by atoms with Gasteiger partial charge in [-0.1, -0.05) is 6.42 Å². The van der Waals surface area contributed by atoms with Crippen molar-refractivity contribution < 1.29 is 32.6 Å². The number of carbonyl (C=O) groups is 2. The molecule has 2 aliphatic rings. The molecule has 1 saturated carbocycles. The van der Waals surface area contributed by atoms with Crippen molar-refractivity contribution in [3.05, 3.63) is 48.0 Å². The van der Waals surface area contributed by atoms with Crippen molar-refractivity contribution in [2.75, 3.05) is 19.7 Å². The number of pyridine rings is 1. The second-order valence-corrected chi connectivity index (χ2v) is 8.19. The van der Waals surface area contributed by atoms with E-state index in [2.05, 4.69) is 10.1 Å². The molecule has 0 radical (unpaired) electrons. The third-order valence-corrected chi connectivity index (χ3v) is 5.93. The number of ether oxygens (including phenoxy) is 1. The van der Waals surface area contributed by atoms with Crippen LogP contribution in [-0.4, -0.2) is 62.5 Å². The highest BCUT2D eigenvalue weighted by molar-refractivity contribution is 5.94. The van der Waals surface area contributed by atoms with Gasteiger partial charge in [-0.05, 0) is 36.5 Å². The maximum absolute atomic E-state index is 12.8. The van der Waals surface area contributed by atoms with Gasteiger partial charge >= 0.3 is 12.1 Å². The van der Waals surface area contributed by atoms with Gasteiger partial charge in [0.25, 0.3) is 5.91 Å². The van der Waals surface area contributed by atoms with Gasteiger partial charge in [-0.25, -0.2) is 4.79 Å². The topological polar surface area (TPSA) is 97.5 Å². The Morgan fingerprint density at radius 2 is 2.00 bits per heavy atom. The van der Waals surface area contributed by atoms with Crippen molar-refractivity contribution in [1.82, 2.24) is 19.7 Å². The zero-order chi connectivity index (χ0) is 23.4. The molecule has 4 rings (SSSR count). The molecule has 3 heterocycles. The van der Waals surface area contributed by atoms with E-state index in [-0.39, 0.29) is 11.3 Å². The lowest BCUT2D eigenvalue weighted by molar-refractivity contribution is -0.192. The summed E-state index contributed by atoms with van der Waals surface area (Å²) in [6, 6.07) is 3.97. The van der Waals surface area contributed by atoms with Crippen LogP contribution in [0.25, 0.3) is 0 Å². The van der Waals surface area contributed by atoms with Crippen LogP contribution in [0, 0.1) is 11.3 Å². The van der Waals surface area contributed by atoms with Gasteiger partial charge < -0.3 is 14.7 Å². The van der Waals surface area contributed by atoms with Crippen molar-refractivity contribution >= 4 is 11.9 Å². The van der Waals surface area contributed by atoms with Crippen LogP contribution in [0.5, 0.6) is 0 Å². The van der Waals surface area contributed by atoms with E-state index in [4.69, 9.17) is 14.6 Å². The lowest BCUT2D eigenvalue weighted by Gasteiger charge is -2.28. The fraction of sp³-hybridized carbons (Fsp3) is 0.524. The second-order valence-electron chi connectivity index (χ2n) is 8.19. The van der Waals surface area contributed by atoms with Gasteiger partial charge in [0.15, 0.2) is 0 Å². The molecule has 1 amide bonds. The van der Waals surface area contributed by atoms with Crippen LogP contribution in [0.2, 0.25) is 0 Å². The van der Waals surface area contributed by atoms with Crippen LogP contribution in [0.1, 0.15) is 35.2 Å². The molecule has 174 valence electrons. The number of aromatic nitrogens is 3. The Bertz CT molecular complexity index is 935. The first-order valence-corrected chi connectivity index (χ1v) is 10.2. The van der Waals surface area contributed by atoms with Gasteiger partial charge in [-0.15, -0.1) is 0 Å². The van der Waals surface area contributed by atoms with Gasteiger partial charge in [-0.3, -0.25) is 14.5 Å². The number of hydrogen-bond acceptors (Lipinski definition) is 5. The molecule has 0 spiro atoms. The lowest BCUT2D eigenvalue weighted by atomic mass is 9.81. The summed E-state index contributed by atoms with van der Waals surface area (Å²) in [6.07, 6.45) is 5.52. The molecule has 32 heavy (non-hydrogen) atoms. The van der Waals surface area contributed by atoms with Crippen LogP contribution < -0.4 is 0 Å². The fourth-order valence-corrected chi connectivity index (χ4v) is 4.37. The van der Waals surface area contributed by atoms with Crippen LogP contribution in [-0.2, 0) is 23.2 Å². The van der Waals surface area contributed by atoms with Gasteiger partial charge in [0.05, 0.1) is 25.0 Å². The summed E-state index contributed by atoms with van der Waals surface area (Å²) in [5.74, 6) is -2.12. The summed E-state index contributed by atoms with van der Waals surface area (Å²) in [5, 5.41) is 11.2. The molecule has 1 saturated heterocycles. The van der Waals surface area contributed by atoms with Crippen LogP contribution >= 0.6 is 0 Å². The molecule has 0 unspecified atom stereocenters. The molecule has 1 N–H and O–H groups in total. The molecule has 1 aliphatic carbocycles. The zero-order valence-electron chi connectivity index (χ0n) is 17.6. The predicted octanol–water partition coefficient (Wildman–Crippen LogP) is 2.91. The average Bonchev–Trinajstić information content (AvgIpc) is 3.42. The molecule has 2 aromatic heterocycles. The van der Waals surface area contributed by atoms with Crippen LogP contribution in [0.3, 0.4) is 0 Å². The lowest BCUT2D eigenvalue weighted by Crippen LogP contribution is -2.34. The maximum atomic E-state index is 12.8. The number of rotatable bonds is 5. The number of aliphatic carboxylic acids is 1. The maximum Gasteiger partial charge on any atom is 0.490 e. The molecule has 2 aromatic rings. The molecule has 0 bridgehead atoms. The normalized spacial score (nSPS) is 22.2. The number of aryl methyl sites for hydroxylation is 1. The monoisotopic (exact) mass is 454 g/mol. The number of amides is 1. The predicted molar refractivity (Wildman–Crippen MR) is 106 cm³/mol. The minimum absolute atomic E-state index is 0.0935. The molecule has 2 atom stereocenters. The minimum atomic E-state index is -5.08. The van der Waals surface area contributed by atoms with E-state index in [0.717, 1.165) is 31.7 Å². The second kappa shape index (κ2) is 9.68. The Morgan fingerprint density at radius 3 is 2.59 bits per heavy atom. The van der Waals surface area contributed by atoms with E-state index in [0.29, 0.717) is 18.1 Å². The SMILES string of the molecule is Cn1cc(C(=O)N2C[C@H]3CCC[C@@]3(COCc3ccncc3)C2)cn1.O=C(O)C(F)(F)F. The smallest absolute Gasteiger partial charge is 0.475 e. The van der Waals surface area contributed by atoms with Crippen molar-refractivity contribution in [1.29, 1.82) is 0 Å².